The molecular weight excluding hydrogens is 406 g/mol. The van der Waals surface area contributed by atoms with Gasteiger partial charge in [-0.1, -0.05) is 48.5 Å². The lowest BCUT2D eigenvalue weighted by Crippen LogP contribution is -2.32. The van der Waals surface area contributed by atoms with Gasteiger partial charge in [-0.15, -0.1) is 0 Å². The van der Waals surface area contributed by atoms with Crippen LogP contribution in [0.4, 0.5) is 0 Å². The molecule has 1 N–H and O–H groups in total. The van der Waals surface area contributed by atoms with Crippen LogP contribution in [-0.2, 0) is 17.9 Å². The first-order valence-electron chi connectivity index (χ1n) is 10.2. The molecule has 0 aliphatic carbocycles. The average Bonchev–Trinajstić information content (AvgIpc) is 3.24. The van der Waals surface area contributed by atoms with E-state index in [-0.39, 0.29) is 30.0 Å². The second-order valence-electron chi connectivity index (χ2n) is 7.45. The van der Waals surface area contributed by atoms with Crippen molar-refractivity contribution in [1.29, 1.82) is 0 Å². The molecule has 2 heterocycles. The number of hydrogen-bond acceptors (Lipinski definition) is 4. The van der Waals surface area contributed by atoms with Crippen molar-refractivity contribution in [2.75, 3.05) is 7.05 Å². The highest BCUT2D eigenvalue weighted by molar-refractivity contribution is 5.76. The van der Waals surface area contributed by atoms with Gasteiger partial charge in [0.15, 0.2) is 0 Å². The van der Waals surface area contributed by atoms with E-state index >= 15 is 0 Å². The third-order valence-corrected chi connectivity index (χ3v) is 5.13. The Bertz CT molecular complexity index is 1320. The van der Waals surface area contributed by atoms with E-state index in [2.05, 4.69) is 5.10 Å². The van der Waals surface area contributed by atoms with Gasteiger partial charge in [-0.3, -0.25) is 19.5 Å². The Labute approximate surface area is 184 Å². The van der Waals surface area contributed by atoms with Crippen LogP contribution in [0.1, 0.15) is 12.0 Å². The number of carbonyl (C=O) groups excluding carboxylic acids is 1. The molecule has 8 nitrogen and oxygen atoms in total. The minimum atomic E-state index is -0.383. The maximum absolute atomic E-state index is 12.7. The van der Waals surface area contributed by atoms with Crippen molar-refractivity contribution >= 4 is 5.91 Å². The first-order valence-corrected chi connectivity index (χ1v) is 10.2. The van der Waals surface area contributed by atoms with Gasteiger partial charge in [0.1, 0.15) is 0 Å². The molecule has 2 aromatic heterocycles. The highest BCUT2D eigenvalue weighted by atomic mass is 16.2. The third-order valence-electron chi connectivity index (χ3n) is 5.13. The van der Waals surface area contributed by atoms with Crippen LogP contribution in [0.15, 0.2) is 88.6 Å². The van der Waals surface area contributed by atoms with E-state index in [1.807, 2.05) is 71.5 Å². The Hall–Kier alpha value is -4.20. The largest absolute Gasteiger partial charge is 0.341 e. The quantitative estimate of drug-likeness (QED) is 0.488. The fourth-order valence-corrected chi connectivity index (χ4v) is 3.45. The van der Waals surface area contributed by atoms with Crippen molar-refractivity contribution in [3.63, 3.8) is 0 Å². The Morgan fingerprint density at radius 1 is 0.969 bits per heavy atom. The van der Waals surface area contributed by atoms with Crippen molar-refractivity contribution in [1.82, 2.24) is 24.5 Å². The number of aryl methyl sites for hydroxylation is 1. The lowest BCUT2D eigenvalue weighted by Gasteiger charge is -2.17. The Morgan fingerprint density at radius 3 is 2.38 bits per heavy atom. The highest BCUT2D eigenvalue weighted by Gasteiger charge is 2.17. The maximum atomic E-state index is 12.7. The summed E-state index contributed by atoms with van der Waals surface area (Å²) >= 11 is 0. The zero-order valence-electron chi connectivity index (χ0n) is 17.6. The van der Waals surface area contributed by atoms with Crippen LogP contribution in [0.25, 0.3) is 16.9 Å². The monoisotopic (exact) mass is 429 g/mol. The molecule has 1 amide bonds. The van der Waals surface area contributed by atoms with Gasteiger partial charge in [-0.2, -0.15) is 5.10 Å². The van der Waals surface area contributed by atoms with Crippen LogP contribution in [0.3, 0.4) is 0 Å². The van der Waals surface area contributed by atoms with Gasteiger partial charge in [0.05, 0.1) is 17.9 Å². The first-order chi connectivity index (χ1) is 15.5. The summed E-state index contributed by atoms with van der Waals surface area (Å²) in [5.41, 5.74) is 2.87. The predicted octanol–water partition coefficient (Wildman–Crippen LogP) is 2.44. The number of amides is 1. The van der Waals surface area contributed by atoms with Gasteiger partial charge >= 0.3 is 0 Å². The molecule has 0 aliphatic rings. The molecule has 2 aromatic carbocycles. The molecule has 0 spiro atoms. The Kier molecular flexibility index (Phi) is 6.12. The van der Waals surface area contributed by atoms with E-state index < -0.39 is 0 Å². The minimum absolute atomic E-state index is 0.0872. The molecule has 0 radical (unpaired) electrons. The number of nitrogens with one attached hydrogen (secondary N) is 1. The van der Waals surface area contributed by atoms with E-state index in [1.165, 1.54) is 12.1 Å². The van der Waals surface area contributed by atoms with Gasteiger partial charge in [-0.05, 0) is 12.1 Å². The zero-order valence-corrected chi connectivity index (χ0v) is 17.6. The summed E-state index contributed by atoms with van der Waals surface area (Å²) in [4.78, 5) is 37.6. The summed E-state index contributed by atoms with van der Waals surface area (Å²) in [7, 11) is 1.72. The first kappa shape index (κ1) is 21.0. The van der Waals surface area contributed by atoms with Crippen LogP contribution in [-0.4, -0.2) is 37.4 Å². The van der Waals surface area contributed by atoms with Gasteiger partial charge in [-0.25, -0.2) is 9.36 Å². The molecule has 162 valence electrons. The molecule has 0 bridgehead atoms. The van der Waals surface area contributed by atoms with Gasteiger partial charge in [0, 0.05) is 49.5 Å². The lowest BCUT2D eigenvalue weighted by atomic mass is 10.1. The number of hydrogen-bond donors (Lipinski definition) is 1. The lowest BCUT2D eigenvalue weighted by molar-refractivity contribution is -0.130. The topological polar surface area (TPSA) is 93.0 Å². The van der Waals surface area contributed by atoms with E-state index in [0.717, 1.165) is 27.2 Å². The number of nitrogens with zero attached hydrogens (tertiary/aromatic N) is 4. The van der Waals surface area contributed by atoms with Crippen LogP contribution in [0.5, 0.6) is 0 Å². The van der Waals surface area contributed by atoms with Crippen molar-refractivity contribution in [3.8, 4) is 16.9 Å². The molecule has 0 unspecified atom stereocenters. The second-order valence-corrected chi connectivity index (χ2v) is 7.45. The second kappa shape index (κ2) is 9.30. The molecule has 0 saturated heterocycles. The fourth-order valence-electron chi connectivity index (χ4n) is 3.45. The van der Waals surface area contributed by atoms with Crippen LogP contribution < -0.4 is 11.1 Å². The molecule has 0 fully saturated rings. The van der Waals surface area contributed by atoms with E-state index in [9.17, 15) is 14.4 Å². The number of carbonyl (C=O) groups is 1. The van der Waals surface area contributed by atoms with Crippen molar-refractivity contribution < 1.29 is 4.79 Å². The van der Waals surface area contributed by atoms with Gasteiger partial charge in [0.2, 0.25) is 5.91 Å². The number of aromatic amines is 1. The number of rotatable bonds is 7. The molecule has 4 rings (SSSR count). The highest BCUT2D eigenvalue weighted by Crippen LogP contribution is 2.24. The van der Waals surface area contributed by atoms with Crippen LogP contribution in [0.2, 0.25) is 0 Å². The fraction of sp³-hybridized carbons (Fsp3) is 0.167. The summed E-state index contributed by atoms with van der Waals surface area (Å²) in [5.74, 6) is -0.145. The van der Waals surface area contributed by atoms with Crippen LogP contribution >= 0.6 is 0 Å². The molecule has 0 aliphatic heterocycles. The average molecular weight is 429 g/mol. The molecule has 4 aromatic rings. The molecule has 32 heavy (non-hydrogen) atoms. The SMILES string of the molecule is CN(Cc1cn(-c2ccccc2)nc1-c1ccccc1)C(=O)CCn1[nH]c(=O)ccc1=O. The normalized spacial score (nSPS) is 10.8. The number of aromatic nitrogens is 4. The summed E-state index contributed by atoms with van der Waals surface area (Å²) in [6.07, 6.45) is 2.02. The predicted molar refractivity (Wildman–Crippen MR) is 121 cm³/mol. The van der Waals surface area contributed by atoms with E-state index in [0.29, 0.717) is 6.54 Å². The van der Waals surface area contributed by atoms with Gasteiger partial charge < -0.3 is 4.90 Å². The Morgan fingerprint density at radius 2 is 1.66 bits per heavy atom. The van der Waals surface area contributed by atoms with E-state index in [4.69, 9.17) is 5.10 Å². The Balaban J connectivity index is 1.55. The number of H-pyrrole nitrogens is 1. The minimum Gasteiger partial charge on any atom is -0.341 e. The summed E-state index contributed by atoms with van der Waals surface area (Å²) in [6, 6.07) is 22.0. The van der Waals surface area contributed by atoms with E-state index in [1.54, 1.807) is 11.9 Å². The number of para-hydroxylation sites is 1. The summed E-state index contributed by atoms with van der Waals surface area (Å²) < 4.78 is 2.96. The van der Waals surface area contributed by atoms with Crippen molar-refractivity contribution in [2.45, 2.75) is 19.5 Å². The van der Waals surface area contributed by atoms with Crippen LogP contribution in [0, 0.1) is 0 Å². The van der Waals surface area contributed by atoms with Crippen molar-refractivity contribution in [2.24, 2.45) is 0 Å². The van der Waals surface area contributed by atoms with Gasteiger partial charge in [0.25, 0.3) is 11.1 Å². The molecule has 8 heteroatoms. The smallest absolute Gasteiger partial charge is 0.265 e. The number of benzene rings is 2. The zero-order chi connectivity index (χ0) is 22.5. The molecular formula is C24H23N5O3. The summed E-state index contributed by atoms with van der Waals surface area (Å²) in [5, 5.41) is 7.21. The maximum Gasteiger partial charge on any atom is 0.265 e. The van der Waals surface area contributed by atoms with Crippen molar-refractivity contribution in [3.05, 3.63) is 105 Å². The standard InChI is InChI=1S/C24H23N5O3/c1-27(22(31)14-15-28-23(32)13-12-21(30)25-28)16-19-17-29(20-10-6-3-7-11-20)26-24(19)18-8-4-2-5-9-18/h2-13,17H,14-16H2,1H3,(H,25,30). The molecule has 0 atom stereocenters. The molecule has 0 saturated carbocycles. The third kappa shape index (κ3) is 4.75. The summed E-state index contributed by atoms with van der Waals surface area (Å²) in [6.45, 7) is 0.461.